The summed E-state index contributed by atoms with van der Waals surface area (Å²) in [6.45, 7) is 0.456. The zero-order valence-corrected chi connectivity index (χ0v) is 13.3. The third kappa shape index (κ3) is 4.95. The van der Waals surface area contributed by atoms with E-state index in [-0.39, 0.29) is 23.6 Å². The average molecular weight is 342 g/mol. The Kier molecular flexibility index (Phi) is 5.16. The summed E-state index contributed by atoms with van der Waals surface area (Å²) in [5.41, 5.74) is 11.2. The van der Waals surface area contributed by atoms with Crippen molar-refractivity contribution in [3.63, 3.8) is 0 Å². The molecular weight excluding hydrogens is 324 g/mol. The van der Waals surface area contributed by atoms with Crippen molar-refractivity contribution in [2.75, 3.05) is 13.6 Å². The number of nitrogens with one attached hydrogen (secondary N) is 2. The first-order valence-corrected chi connectivity index (χ1v) is 8.24. The second-order valence-corrected chi connectivity index (χ2v) is 6.04. The maximum Gasteiger partial charge on any atom is 0.325 e. The highest BCUT2D eigenvalue weighted by atomic mass is 32.2. The van der Waals surface area contributed by atoms with Gasteiger partial charge in [-0.25, -0.2) is 9.44 Å². The highest BCUT2D eigenvalue weighted by Crippen LogP contribution is 2.12. The number of unbranched alkanes of at least 4 members (excludes halogenated alkanes) is 1. The second kappa shape index (κ2) is 7.09. The number of guanidine groups is 1. The van der Waals surface area contributed by atoms with Crippen LogP contribution in [0.2, 0.25) is 0 Å². The summed E-state index contributed by atoms with van der Waals surface area (Å²) < 4.78 is 32.3. The van der Waals surface area contributed by atoms with Crippen molar-refractivity contribution in [3.05, 3.63) is 12.0 Å². The lowest BCUT2D eigenvalue weighted by Gasteiger charge is -1.97. The molecule has 0 amide bonds. The highest BCUT2D eigenvalue weighted by Gasteiger charge is 2.27. The Morgan fingerprint density at radius 1 is 1.30 bits per heavy atom. The molecule has 1 aliphatic heterocycles. The zero-order chi connectivity index (χ0) is 16.9. The largest absolute Gasteiger partial charge is 0.430 e. The van der Waals surface area contributed by atoms with Gasteiger partial charge in [0, 0.05) is 13.6 Å². The molecule has 1 saturated heterocycles. The van der Waals surface area contributed by atoms with E-state index in [1.807, 2.05) is 0 Å². The molecule has 12 heteroatoms. The first-order valence-electron chi connectivity index (χ1n) is 6.76. The number of oxazole rings is 1. The van der Waals surface area contributed by atoms with Crippen molar-refractivity contribution in [2.24, 2.45) is 26.4 Å². The Bertz CT molecular complexity index is 745. The van der Waals surface area contributed by atoms with Gasteiger partial charge >= 0.3 is 16.2 Å². The van der Waals surface area contributed by atoms with E-state index in [0.29, 0.717) is 13.0 Å². The molecule has 11 nitrogen and oxygen atoms in total. The fraction of sp³-hybridized carbons (Fsp3) is 0.455. The molecule has 1 aromatic heterocycles. The van der Waals surface area contributed by atoms with Gasteiger partial charge in [0.25, 0.3) is 0 Å². The van der Waals surface area contributed by atoms with Gasteiger partial charge in [0.2, 0.25) is 0 Å². The molecule has 1 aromatic rings. The van der Waals surface area contributed by atoms with E-state index in [1.54, 1.807) is 0 Å². The molecule has 0 atom stereocenters. The Morgan fingerprint density at radius 2 is 2.04 bits per heavy atom. The summed E-state index contributed by atoms with van der Waals surface area (Å²) in [5.74, 6) is 0.322. The minimum Gasteiger partial charge on any atom is -0.430 e. The molecule has 0 bridgehead atoms. The highest BCUT2D eigenvalue weighted by molar-refractivity contribution is 7.89. The average Bonchev–Trinajstić information content (AvgIpc) is 3.01. The number of amidine groups is 2. The third-order valence-corrected chi connectivity index (χ3v) is 3.71. The van der Waals surface area contributed by atoms with Crippen molar-refractivity contribution in [1.82, 2.24) is 14.4 Å². The van der Waals surface area contributed by atoms with Gasteiger partial charge in [-0.1, -0.05) is 0 Å². The van der Waals surface area contributed by atoms with E-state index in [9.17, 15) is 8.42 Å². The fourth-order valence-corrected chi connectivity index (χ4v) is 2.73. The van der Waals surface area contributed by atoms with Crippen molar-refractivity contribution >= 4 is 33.9 Å². The lowest BCUT2D eigenvalue weighted by atomic mass is 10.2. The molecule has 0 radical (unpaired) electrons. The summed E-state index contributed by atoms with van der Waals surface area (Å²) in [6.07, 6.45) is 3.70. The van der Waals surface area contributed by atoms with Gasteiger partial charge in [-0.2, -0.15) is 18.4 Å². The van der Waals surface area contributed by atoms with Crippen LogP contribution < -0.4 is 20.9 Å². The predicted octanol–water partition coefficient (Wildman–Crippen LogP) is -1.23. The van der Waals surface area contributed by atoms with Crippen molar-refractivity contribution in [3.8, 4) is 0 Å². The molecule has 0 aliphatic carbocycles. The number of nitrogens with two attached hydrogens (primary N) is 2. The van der Waals surface area contributed by atoms with Crippen molar-refractivity contribution in [2.45, 2.75) is 19.3 Å². The standard InChI is InChI=1S/C11H18N8O3S/c1-14-8-9(19-23(20,21)18-8)15-5-3-2-4-7-6-22-11(16-7)17-10(12)13/h6H,2-5H2,1H3,(H,14,18)(H,15,19)(H4,12,13,16,17). The smallest absolute Gasteiger partial charge is 0.325 e. The van der Waals surface area contributed by atoms with Gasteiger partial charge in [0.05, 0.1) is 5.69 Å². The van der Waals surface area contributed by atoms with Crippen LogP contribution in [0, 0.1) is 0 Å². The quantitative estimate of drug-likeness (QED) is 0.286. The zero-order valence-electron chi connectivity index (χ0n) is 12.5. The van der Waals surface area contributed by atoms with Gasteiger partial charge < -0.3 is 15.9 Å². The first kappa shape index (κ1) is 16.7. The SMILES string of the molecule is CN=C1NS(=O)(=O)NC1=NCCCCc1coc(N=C(N)N)n1. The van der Waals surface area contributed by atoms with Crippen molar-refractivity contribution < 1.29 is 12.8 Å². The number of hydrogen-bond acceptors (Lipinski definition) is 7. The van der Waals surface area contributed by atoms with Crippen LogP contribution in [0.15, 0.2) is 25.7 Å². The molecule has 23 heavy (non-hydrogen) atoms. The van der Waals surface area contributed by atoms with Gasteiger partial charge in [-0.3, -0.25) is 9.98 Å². The van der Waals surface area contributed by atoms with Crippen LogP contribution in [0.4, 0.5) is 6.01 Å². The molecule has 1 aliphatic rings. The first-order chi connectivity index (χ1) is 10.9. The normalized spacial score (nSPS) is 19.5. The number of aromatic nitrogens is 1. The summed E-state index contributed by atoms with van der Waals surface area (Å²) in [4.78, 5) is 15.8. The maximum absolute atomic E-state index is 11.3. The molecule has 0 saturated carbocycles. The molecule has 2 heterocycles. The molecule has 1 fully saturated rings. The summed E-state index contributed by atoms with van der Waals surface area (Å²) >= 11 is 0. The molecular formula is C11H18N8O3S. The van der Waals surface area contributed by atoms with Crippen LogP contribution in [0.25, 0.3) is 0 Å². The van der Waals surface area contributed by atoms with E-state index >= 15 is 0 Å². The number of nitrogens with zero attached hydrogens (tertiary/aromatic N) is 4. The minimum atomic E-state index is -3.57. The van der Waals surface area contributed by atoms with Crippen LogP contribution in [0.5, 0.6) is 0 Å². The Hall–Kier alpha value is -2.63. The monoisotopic (exact) mass is 342 g/mol. The van der Waals surface area contributed by atoms with Crippen molar-refractivity contribution in [1.29, 1.82) is 0 Å². The Labute approximate surface area is 133 Å². The third-order valence-electron chi connectivity index (χ3n) is 2.79. The number of rotatable bonds is 6. The predicted molar refractivity (Wildman–Crippen MR) is 85.8 cm³/mol. The Balaban J connectivity index is 1.79. The molecule has 126 valence electrons. The summed E-state index contributed by atoms with van der Waals surface area (Å²) in [7, 11) is -2.08. The van der Waals surface area contributed by atoms with Crippen LogP contribution in [0.3, 0.4) is 0 Å². The number of aliphatic imine (C=N–C) groups is 3. The lowest BCUT2D eigenvalue weighted by molar-refractivity contribution is 0.567. The van der Waals surface area contributed by atoms with E-state index in [4.69, 9.17) is 15.9 Å². The van der Waals surface area contributed by atoms with E-state index in [1.165, 1.54) is 13.3 Å². The molecule has 6 N–H and O–H groups in total. The summed E-state index contributed by atoms with van der Waals surface area (Å²) in [6, 6.07) is 0.121. The topological polar surface area (TPSA) is 173 Å². The van der Waals surface area contributed by atoms with Gasteiger partial charge in [0.15, 0.2) is 17.6 Å². The fourth-order valence-electron chi connectivity index (χ4n) is 1.82. The second-order valence-electron chi connectivity index (χ2n) is 4.63. The molecule has 0 aromatic carbocycles. The molecule has 0 spiro atoms. The van der Waals surface area contributed by atoms with Gasteiger partial charge in [-0.15, -0.1) is 0 Å². The van der Waals surface area contributed by atoms with Crippen LogP contribution >= 0.6 is 0 Å². The van der Waals surface area contributed by atoms with Crippen LogP contribution in [0.1, 0.15) is 18.5 Å². The van der Waals surface area contributed by atoms with Crippen LogP contribution in [-0.4, -0.2) is 44.6 Å². The minimum absolute atomic E-state index is 0.116. The van der Waals surface area contributed by atoms with Crippen LogP contribution in [-0.2, 0) is 16.6 Å². The van der Waals surface area contributed by atoms with Gasteiger partial charge in [0.1, 0.15) is 6.26 Å². The number of aryl methyl sites for hydroxylation is 1. The Morgan fingerprint density at radius 3 is 2.74 bits per heavy atom. The van der Waals surface area contributed by atoms with E-state index < -0.39 is 10.2 Å². The van der Waals surface area contributed by atoms with E-state index in [0.717, 1.165) is 18.5 Å². The molecule has 2 rings (SSSR count). The summed E-state index contributed by atoms with van der Waals surface area (Å²) in [5, 5.41) is 0. The maximum atomic E-state index is 11.3. The van der Waals surface area contributed by atoms with E-state index in [2.05, 4.69) is 29.4 Å². The molecule has 0 unspecified atom stereocenters. The van der Waals surface area contributed by atoms with Gasteiger partial charge in [-0.05, 0) is 19.3 Å². The number of hydrogen-bond donors (Lipinski definition) is 4. The lowest BCUT2D eigenvalue weighted by Crippen LogP contribution is -2.24.